The highest BCUT2D eigenvalue weighted by Crippen LogP contribution is 2.14. The third-order valence-electron chi connectivity index (χ3n) is 4.74. The van der Waals surface area contributed by atoms with Crippen molar-refractivity contribution in [2.24, 2.45) is 12.0 Å². The first-order valence-electron chi connectivity index (χ1n) is 9.67. The van der Waals surface area contributed by atoms with E-state index in [1.807, 2.05) is 35.8 Å². The van der Waals surface area contributed by atoms with Crippen LogP contribution in [0.2, 0.25) is 5.02 Å². The van der Waals surface area contributed by atoms with Crippen LogP contribution >= 0.6 is 35.6 Å². The predicted octanol–water partition coefficient (Wildman–Crippen LogP) is 1.48. The minimum Gasteiger partial charge on any atom is -0.379 e. The second-order valence-corrected chi connectivity index (χ2v) is 7.72. The Kier molecular flexibility index (Phi) is 11.9. The summed E-state index contributed by atoms with van der Waals surface area (Å²) in [5.41, 5.74) is 1.08. The summed E-state index contributed by atoms with van der Waals surface area (Å²) in [6.45, 7) is 6.20. The summed E-state index contributed by atoms with van der Waals surface area (Å²) in [4.78, 5) is 22.5. The molecule has 0 bridgehead atoms. The Balaban J connectivity index is 0.00000420. The molecule has 0 atom stereocenters. The molecular weight excluding hydrogens is 507 g/mol. The van der Waals surface area contributed by atoms with Crippen molar-refractivity contribution in [1.82, 2.24) is 24.6 Å². The standard InChI is InChI=1S/C19H33ClN6O2.HI/c1-23(2)18(27)13-22-19(21-6-5-7-26-8-10-28-11-9-26)25(4)15-17-12-16(20)14-24(17)3;/h12,14H,5-11,13,15H2,1-4H3,(H,21,22);1H. The van der Waals surface area contributed by atoms with E-state index in [-0.39, 0.29) is 36.4 Å². The molecule has 0 radical (unpaired) electrons. The zero-order chi connectivity index (χ0) is 20.5. The molecule has 8 nitrogen and oxygen atoms in total. The highest BCUT2D eigenvalue weighted by atomic mass is 127. The lowest BCUT2D eigenvalue weighted by Crippen LogP contribution is -2.42. The summed E-state index contributed by atoms with van der Waals surface area (Å²) >= 11 is 6.09. The average molecular weight is 541 g/mol. The fraction of sp³-hybridized carbons (Fsp3) is 0.684. The first-order valence-corrected chi connectivity index (χ1v) is 10.0. The lowest BCUT2D eigenvalue weighted by atomic mass is 10.3. The third kappa shape index (κ3) is 9.10. The normalized spacial score (nSPS) is 15.0. The molecule has 0 unspecified atom stereocenters. The zero-order valence-corrected chi connectivity index (χ0v) is 20.9. The van der Waals surface area contributed by atoms with Gasteiger partial charge in [-0.3, -0.25) is 9.69 Å². The van der Waals surface area contributed by atoms with Crippen LogP contribution in [0.3, 0.4) is 0 Å². The molecular formula is C19H34ClIN6O2. The van der Waals surface area contributed by atoms with E-state index in [4.69, 9.17) is 16.3 Å². The number of carbonyl (C=O) groups excluding carboxylic acids is 1. The van der Waals surface area contributed by atoms with E-state index in [0.717, 1.165) is 57.5 Å². The van der Waals surface area contributed by atoms with Gasteiger partial charge < -0.3 is 24.4 Å². The molecule has 166 valence electrons. The lowest BCUT2D eigenvalue weighted by molar-refractivity contribution is -0.127. The van der Waals surface area contributed by atoms with Crippen LogP contribution in [-0.2, 0) is 23.1 Å². The molecule has 1 N–H and O–H groups in total. The molecule has 1 aromatic heterocycles. The van der Waals surface area contributed by atoms with Gasteiger partial charge in [0, 0.05) is 59.7 Å². The van der Waals surface area contributed by atoms with Crippen LogP contribution in [0.5, 0.6) is 0 Å². The number of aliphatic imine (C=N–C) groups is 1. The van der Waals surface area contributed by atoms with Crippen LogP contribution in [0.25, 0.3) is 0 Å². The van der Waals surface area contributed by atoms with Crippen molar-refractivity contribution in [2.45, 2.75) is 13.0 Å². The summed E-state index contributed by atoms with van der Waals surface area (Å²) in [7, 11) is 7.41. The first kappa shape index (κ1) is 26.0. The Morgan fingerprint density at radius 1 is 1.31 bits per heavy atom. The van der Waals surface area contributed by atoms with Crippen molar-refractivity contribution in [3.8, 4) is 0 Å². The van der Waals surface area contributed by atoms with Gasteiger partial charge in [-0.05, 0) is 19.0 Å². The molecule has 0 aliphatic carbocycles. The van der Waals surface area contributed by atoms with E-state index in [1.54, 1.807) is 19.0 Å². The maximum Gasteiger partial charge on any atom is 0.243 e. The van der Waals surface area contributed by atoms with Gasteiger partial charge >= 0.3 is 0 Å². The van der Waals surface area contributed by atoms with Gasteiger partial charge in [-0.25, -0.2) is 4.99 Å². The SMILES string of the molecule is CN(C)C(=O)CN=C(NCCCN1CCOCC1)N(C)Cc1cc(Cl)cn1C.I. The van der Waals surface area contributed by atoms with E-state index < -0.39 is 0 Å². The number of rotatable bonds is 8. The largest absolute Gasteiger partial charge is 0.379 e. The maximum atomic E-state index is 12.0. The molecule has 1 aromatic rings. The van der Waals surface area contributed by atoms with E-state index in [0.29, 0.717) is 11.6 Å². The minimum absolute atomic E-state index is 0. The predicted molar refractivity (Wildman–Crippen MR) is 128 cm³/mol. The van der Waals surface area contributed by atoms with Crippen LogP contribution < -0.4 is 5.32 Å². The summed E-state index contributed by atoms with van der Waals surface area (Å²) in [5, 5.41) is 4.12. The number of carbonyl (C=O) groups is 1. The van der Waals surface area contributed by atoms with Crippen molar-refractivity contribution in [3.63, 3.8) is 0 Å². The van der Waals surface area contributed by atoms with Gasteiger partial charge in [0.05, 0.1) is 24.8 Å². The van der Waals surface area contributed by atoms with Gasteiger partial charge in [-0.2, -0.15) is 0 Å². The Morgan fingerprint density at radius 2 is 2.00 bits per heavy atom. The fourth-order valence-corrected chi connectivity index (χ4v) is 3.24. The monoisotopic (exact) mass is 540 g/mol. The Hall–Kier alpha value is -1.04. The van der Waals surface area contributed by atoms with Gasteiger partial charge in [0.1, 0.15) is 6.54 Å². The van der Waals surface area contributed by atoms with E-state index in [1.165, 1.54) is 0 Å². The molecule has 1 fully saturated rings. The Labute approximate surface area is 196 Å². The number of guanidine groups is 1. The molecule has 2 rings (SSSR count). The average Bonchev–Trinajstić information content (AvgIpc) is 2.98. The van der Waals surface area contributed by atoms with Gasteiger partial charge in [0.25, 0.3) is 0 Å². The summed E-state index contributed by atoms with van der Waals surface area (Å²) < 4.78 is 7.39. The van der Waals surface area contributed by atoms with Gasteiger partial charge in [-0.1, -0.05) is 11.6 Å². The summed E-state index contributed by atoms with van der Waals surface area (Å²) in [6.07, 6.45) is 2.89. The number of amides is 1. The molecule has 2 heterocycles. The number of nitrogens with zero attached hydrogens (tertiary/aromatic N) is 5. The number of aromatic nitrogens is 1. The molecule has 10 heteroatoms. The smallest absolute Gasteiger partial charge is 0.243 e. The van der Waals surface area contributed by atoms with Crippen molar-refractivity contribution < 1.29 is 9.53 Å². The quantitative estimate of drug-likeness (QED) is 0.234. The highest BCUT2D eigenvalue weighted by Gasteiger charge is 2.13. The third-order valence-corrected chi connectivity index (χ3v) is 4.94. The van der Waals surface area contributed by atoms with Gasteiger partial charge in [-0.15, -0.1) is 24.0 Å². The molecule has 0 spiro atoms. The number of ether oxygens (including phenoxy) is 1. The van der Waals surface area contributed by atoms with Crippen molar-refractivity contribution >= 4 is 47.4 Å². The molecule has 0 saturated carbocycles. The molecule has 1 aliphatic rings. The first-order chi connectivity index (χ1) is 13.4. The second-order valence-electron chi connectivity index (χ2n) is 7.28. The topological polar surface area (TPSA) is 65.3 Å². The van der Waals surface area contributed by atoms with Crippen molar-refractivity contribution in [1.29, 1.82) is 0 Å². The van der Waals surface area contributed by atoms with Crippen molar-refractivity contribution in [2.75, 3.05) is 67.1 Å². The van der Waals surface area contributed by atoms with Crippen LogP contribution in [0.4, 0.5) is 0 Å². The molecule has 1 aliphatic heterocycles. The summed E-state index contributed by atoms with van der Waals surface area (Å²) in [5.74, 6) is 0.692. The number of hydrogen-bond donors (Lipinski definition) is 1. The molecule has 29 heavy (non-hydrogen) atoms. The zero-order valence-electron chi connectivity index (χ0n) is 17.9. The van der Waals surface area contributed by atoms with E-state index in [2.05, 4.69) is 15.2 Å². The molecule has 1 saturated heterocycles. The maximum absolute atomic E-state index is 12.0. The highest BCUT2D eigenvalue weighted by molar-refractivity contribution is 14.0. The van der Waals surface area contributed by atoms with E-state index >= 15 is 0 Å². The Morgan fingerprint density at radius 3 is 2.59 bits per heavy atom. The minimum atomic E-state index is -0.0251. The number of halogens is 2. The molecule has 0 aromatic carbocycles. The summed E-state index contributed by atoms with van der Waals surface area (Å²) in [6, 6.07) is 1.94. The Bertz CT molecular complexity index is 661. The molecule has 1 amide bonds. The number of nitrogens with one attached hydrogen (secondary N) is 1. The second kappa shape index (κ2) is 13.3. The number of aryl methyl sites for hydroxylation is 1. The number of morpholine rings is 1. The number of hydrogen-bond acceptors (Lipinski definition) is 4. The lowest BCUT2D eigenvalue weighted by Gasteiger charge is -2.27. The van der Waals surface area contributed by atoms with Gasteiger partial charge in [0.2, 0.25) is 5.91 Å². The van der Waals surface area contributed by atoms with E-state index in [9.17, 15) is 4.79 Å². The fourth-order valence-electron chi connectivity index (χ4n) is 2.96. The van der Waals surface area contributed by atoms with Crippen LogP contribution in [0.1, 0.15) is 12.1 Å². The number of likely N-dealkylation sites (N-methyl/N-ethyl adjacent to an activating group) is 1. The van der Waals surface area contributed by atoms with Gasteiger partial charge in [0.15, 0.2) is 5.96 Å². The van der Waals surface area contributed by atoms with Crippen LogP contribution in [0, 0.1) is 0 Å². The van der Waals surface area contributed by atoms with Crippen LogP contribution in [0.15, 0.2) is 17.3 Å². The van der Waals surface area contributed by atoms with Crippen LogP contribution in [-0.4, -0.2) is 98.2 Å². The van der Waals surface area contributed by atoms with Crippen molar-refractivity contribution in [3.05, 3.63) is 23.0 Å².